The number of hydrogen-bond donors (Lipinski definition) is 2. The van der Waals surface area contributed by atoms with Crippen LogP contribution in [-0.4, -0.2) is 20.2 Å². The van der Waals surface area contributed by atoms with E-state index in [4.69, 9.17) is 11.6 Å². The molecule has 26 heavy (non-hydrogen) atoms. The summed E-state index contributed by atoms with van der Waals surface area (Å²) in [6.07, 6.45) is 2.11. The van der Waals surface area contributed by atoms with E-state index < -0.39 is 11.2 Å². The molecule has 2 aromatic heterocycles. The summed E-state index contributed by atoms with van der Waals surface area (Å²) in [6.45, 7) is 1.72. The first-order chi connectivity index (χ1) is 12.4. The fourth-order valence-corrected chi connectivity index (χ4v) is 3.36. The molecule has 1 aliphatic carbocycles. The van der Waals surface area contributed by atoms with E-state index in [0.29, 0.717) is 11.3 Å². The Morgan fingerprint density at radius 3 is 2.73 bits per heavy atom. The highest BCUT2D eigenvalue weighted by atomic mass is 35.5. The Kier molecular flexibility index (Phi) is 3.96. The molecule has 1 aromatic carbocycles. The highest BCUT2D eigenvalue weighted by Crippen LogP contribution is 2.56. The van der Waals surface area contributed by atoms with Crippen LogP contribution in [0.15, 0.2) is 40.1 Å². The second-order valence-electron chi connectivity index (χ2n) is 6.42. The fraction of sp³-hybridized carbons (Fsp3) is 0.222. The van der Waals surface area contributed by atoms with Gasteiger partial charge in [0.05, 0.1) is 5.56 Å². The lowest BCUT2D eigenvalue weighted by molar-refractivity contribution is 0.616. The van der Waals surface area contributed by atoms with Crippen LogP contribution in [-0.2, 0) is 0 Å². The summed E-state index contributed by atoms with van der Waals surface area (Å²) >= 11 is 6.20. The van der Waals surface area contributed by atoms with Gasteiger partial charge in [-0.05, 0) is 54.0 Å². The number of benzene rings is 1. The number of nitrogens with zero attached hydrogens (tertiary/aromatic N) is 2. The Hall–Kier alpha value is -2.80. The van der Waals surface area contributed by atoms with E-state index in [0.717, 1.165) is 17.5 Å². The predicted octanol–water partition coefficient (Wildman–Crippen LogP) is 2.89. The van der Waals surface area contributed by atoms with E-state index in [9.17, 15) is 14.0 Å². The third-order valence-electron chi connectivity index (χ3n) is 4.69. The molecule has 132 valence electrons. The van der Waals surface area contributed by atoms with Gasteiger partial charge in [0.25, 0.3) is 5.56 Å². The molecule has 6 nitrogen and oxygen atoms in total. The lowest BCUT2D eigenvalue weighted by Gasteiger charge is -2.06. The van der Waals surface area contributed by atoms with Crippen LogP contribution in [0.1, 0.15) is 34.9 Å². The van der Waals surface area contributed by atoms with Crippen molar-refractivity contribution in [2.45, 2.75) is 25.2 Å². The van der Waals surface area contributed by atoms with Gasteiger partial charge in [0.2, 0.25) is 0 Å². The van der Waals surface area contributed by atoms with Crippen molar-refractivity contribution in [1.29, 1.82) is 0 Å². The third kappa shape index (κ3) is 2.94. The average Bonchev–Trinajstić information content (AvgIpc) is 3.39. The van der Waals surface area contributed by atoms with Gasteiger partial charge in [0.1, 0.15) is 11.5 Å². The van der Waals surface area contributed by atoms with Gasteiger partial charge in [-0.2, -0.15) is 0 Å². The summed E-state index contributed by atoms with van der Waals surface area (Å²) in [4.78, 5) is 27.7. The van der Waals surface area contributed by atoms with Gasteiger partial charge in [0, 0.05) is 6.20 Å². The maximum Gasteiger partial charge on any atom is 0.325 e. The van der Waals surface area contributed by atoms with Gasteiger partial charge in [0.15, 0.2) is 5.15 Å². The molecule has 1 saturated carbocycles. The number of aromatic nitrogens is 4. The number of aromatic amines is 2. The average molecular weight is 373 g/mol. The molecular weight excluding hydrogens is 359 g/mol. The quantitative estimate of drug-likeness (QED) is 0.739. The van der Waals surface area contributed by atoms with Crippen molar-refractivity contribution in [2.24, 2.45) is 0 Å². The third-order valence-corrected chi connectivity index (χ3v) is 4.98. The van der Waals surface area contributed by atoms with Gasteiger partial charge in [-0.15, -0.1) is 10.2 Å². The number of hydrogen-bond acceptors (Lipinski definition) is 4. The summed E-state index contributed by atoms with van der Waals surface area (Å²) < 4.78 is 13.8. The largest absolute Gasteiger partial charge is 0.325 e. The van der Waals surface area contributed by atoms with E-state index in [1.807, 2.05) is 6.07 Å². The topological polar surface area (TPSA) is 91.5 Å². The number of H-pyrrole nitrogens is 2. The van der Waals surface area contributed by atoms with Crippen molar-refractivity contribution in [3.05, 3.63) is 79.0 Å². The molecule has 0 bridgehead atoms. The highest BCUT2D eigenvalue weighted by Gasteiger charge is 2.41. The number of halogens is 2. The van der Waals surface area contributed by atoms with Crippen LogP contribution in [0.25, 0.3) is 11.3 Å². The molecule has 2 atom stereocenters. The van der Waals surface area contributed by atoms with Crippen LogP contribution < -0.4 is 11.2 Å². The zero-order chi connectivity index (χ0) is 18.4. The molecule has 1 aliphatic rings. The van der Waals surface area contributed by atoms with Gasteiger partial charge < -0.3 is 4.98 Å². The summed E-state index contributed by atoms with van der Waals surface area (Å²) in [5, 5.41) is 8.14. The minimum Gasteiger partial charge on any atom is -0.313 e. The van der Waals surface area contributed by atoms with Crippen molar-refractivity contribution in [3.63, 3.8) is 0 Å². The fourth-order valence-electron chi connectivity index (χ4n) is 3.13. The first-order valence-electron chi connectivity index (χ1n) is 8.05. The molecule has 0 radical (unpaired) electrons. The van der Waals surface area contributed by atoms with E-state index in [-0.39, 0.29) is 28.4 Å². The lowest BCUT2D eigenvalue weighted by atomic mass is 10.0. The Morgan fingerprint density at radius 1 is 1.19 bits per heavy atom. The smallest absolute Gasteiger partial charge is 0.313 e. The summed E-state index contributed by atoms with van der Waals surface area (Å²) in [6, 6.07) is 6.93. The van der Waals surface area contributed by atoms with Crippen molar-refractivity contribution < 1.29 is 4.39 Å². The Balaban J connectivity index is 1.69. The predicted molar refractivity (Wildman–Crippen MR) is 95.0 cm³/mol. The molecule has 2 N–H and O–H groups in total. The number of aryl methyl sites for hydroxylation is 1. The normalized spacial score (nSPS) is 18.7. The Labute approximate surface area is 152 Å². The molecular formula is C18H14ClFN4O2. The zero-order valence-electron chi connectivity index (χ0n) is 13.7. The highest BCUT2D eigenvalue weighted by molar-refractivity contribution is 6.30. The minimum absolute atomic E-state index is 0.0840. The van der Waals surface area contributed by atoms with Crippen LogP contribution >= 0.6 is 11.6 Å². The van der Waals surface area contributed by atoms with Crippen LogP contribution in [0, 0.1) is 12.7 Å². The lowest BCUT2D eigenvalue weighted by Crippen LogP contribution is -2.23. The molecule has 8 heteroatoms. The first kappa shape index (κ1) is 16.7. The van der Waals surface area contributed by atoms with Gasteiger partial charge in [-0.25, -0.2) is 9.18 Å². The standard InChI is InChI=1S/C18H14ClFN4O2/c1-8-2-3-9(4-14(8)20)10-5-11(10)12-6-15(23-24-16(12)19)13-7-21-18(26)22-17(13)25/h2-4,6-7,10-11H,5H2,1H3,(H2,21,22,25,26). The SMILES string of the molecule is Cc1ccc(C2CC2c2cc(-c3c[nH]c(=O)[nH]c3=O)nnc2Cl)cc1F. The van der Waals surface area contributed by atoms with E-state index in [1.165, 1.54) is 6.20 Å². The Morgan fingerprint density at radius 2 is 2.00 bits per heavy atom. The molecule has 4 rings (SSSR count). The minimum atomic E-state index is -0.593. The van der Waals surface area contributed by atoms with Crippen LogP contribution in [0.4, 0.5) is 4.39 Å². The van der Waals surface area contributed by atoms with E-state index in [1.54, 1.807) is 25.1 Å². The second-order valence-corrected chi connectivity index (χ2v) is 6.78. The van der Waals surface area contributed by atoms with Gasteiger partial charge >= 0.3 is 5.69 Å². The summed E-state index contributed by atoms with van der Waals surface area (Å²) in [7, 11) is 0. The molecule has 1 fully saturated rings. The second kappa shape index (κ2) is 6.17. The first-order valence-corrected chi connectivity index (χ1v) is 8.43. The van der Waals surface area contributed by atoms with Crippen LogP contribution in [0.3, 0.4) is 0 Å². The molecule has 0 saturated heterocycles. The van der Waals surface area contributed by atoms with Crippen molar-refractivity contribution in [2.75, 3.05) is 0 Å². The summed E-state index contributed by atoms with van der Waals surface area (Å²) in [5.74, 6) is 0.00165. The van der Waals surface area contributed by atoms with Gasteiger partial charge in [-0.3, -0.25) is 9.78 Å². The number of nitrogens with one attached hydrogen (secondary N) is 2. The maximum atomic E-state index is 13.8. The molecule has 0 amide bonds. The van der Waals surface area contributed by atoms with Crippen molar-refractivity contribution in [1.82, 2.24) is 20.2 Å². The van der Waals surface area contributed by atoms with E-state index >= 15 is 0 Å². The molecule has 2 heterocycles. The van der Waals surface area contributed by atoms with Crippen molar-refractivity contribution >= 4 is 11.6 Å². The van der Waals surface area contributed by atoms with Crippen LogP contribution in [0.2, 0.25) is 5.15 Å². The van der Waals surface area contributed by atoms with E-state index in [2.05, 4.69) is 20.2 Å². The number of rotatable bonds is 3. The van der Waals surface area contributed by atoms with Crippen molar-refractivity contribution in [3.8, 4) is 11.3 Å². The molecule has 3 aromatic rings. The van der Waals surface area contributed by atoms with Gasteiger partial charge in [-0.1, -0.05) is 23.7 Å². The molecule has 2 unspecified atom stereocenters. The monoisotopic (exact) mass is 372 g/mol. The zero-order valence-corrected chi connectivity index (χ0v) is 14.5. The molecule has 0 spiro atoms. The maximum absolute atomic E-state index is 13.8. The molecule has 0 aliphatic heterocycles. The van der Waals surface area contributed by atoms with Crippen LogP contribution in [0.5, 0.6) is 0 Å². The summed E-state index contributed by atoms with van der Waals surface area (Å²) in [5.41, 5.74) is 1.65. The Bertz CT molecular complexity index is 1120.